The van der Waals surface area contributed by atoms with Crippen LogP contribution in [0.1, 0.15) is 25.7 Å². The van der Waals surface area contributed by atoms with Gasteiger partial charge in [-0.1, -0.05) is 0 Å². The lowest BCUT2D eigenvalue weighted by atomic mass is 9.77. The van der Waals surface area contributed by atoms with Crippen molar-refractivity contribution in [2.24, 2.45) is 41.4 Å². The largest absolute Gasteiger partial charge is 0.412 e. The molecule has 5 aliphatic carbocycles. The Balaban J connectivity index is 1.49. The quantitative estimate of drug-likeness (QED) is 0.679. The minimum atomic E-state index is -1.34. The molecule has 5 rings (SSSR count). The summed E-state index contributed by atoms with van der Waals surface area (Å²) < 4.78 is 6.71. The molecule has 0 aliphatic heterocycles. The second-order valence-corrected chi connectivity index (χ2v) is 13.1. The van der Waals surface area contributed by atoms with E-state index in [9.17, 15) is 0 Å². The predicted octanol–water partition coefficient (Wildman–Crippen LogP) is 3.52. The molecule has 2 bridgehead atoms. The van der Waals surface area contributed by atoms with E-state index in [1.54, 1.807) is 19.3 Å². The summed E-state index contributed by atoms with van der Waals surface area (Å²) in [4.78, 5) is 0. The fourth-order valence-electron chi connectivity index (χ4n) is 6.50. The summed E-state index contributed by atoms with van der Waals surface area (Å²) in [7, 11) is -1.34. The van der Waals surface area contributed by atoms with Crippen LogP contribution < -0.4 is 0 Å². The smallest absolute Gasteiger partial charge is 0.184 e. The normalized spacial score (nSPS) is 65.5. The summed E-state index contributed by atoms with van der Waals surface area (Å²) in [6, 6.07) is 0. The van der Waals surface area contributed by atoms with Gasteiger partial charge in [-0.05, 0) is 86.7 Å². The van der Waals surface area contributed by atoms with Crippen LogP contribution in [0.5, 0.6) is 0 Å². The van der Waals surface area contributed by atoms with Crippen molar-refractivity contribution in [3.63, 3.8) is 0 Å². The van der Waals surface area contributed by atoms with Gasteiger partial charge >= 0.3 is 0 Å². The lowest BCUT2D eigenvalue weighted by Crippen LogP contribution is -2.42. The molecule has 17 heavy (non-hydrogen) atoms. The Labute approximate surface area is 105 Å². The van der Waals surface area contributed by atoms with Crippen LogP contribution in [0.3, 0.4) is 0 Å². The first kappa shape index (κ1) is 10.0. The zero-order valence-electron chi connectivity index (χ0n) is 11.3. The third kappa shape index (κ3) is 1.07. The van der Waals surface area contributed by atoms with E-state index < -0.39 is 8.32 Å². The van der Waals surface area contributed by atoms with Gasteiger partial charge in [0.25, 0.3) is 0 Å². The molecule has 5 aliphatic rings. The lowest BCUT2D eigenvalue weighted by Gasteiger charge is -2.37. The minimum absolute atomic E-state index is 0.424. The summed E-state index contributed by atoms with van der Waals surface area (Å²) in [5.41, 5.74) is 0.424. The average Bonchev–Trinajstić information content (AvgIpc) is 3.00. The number of rotatable bonds is 2. The van der Waals surface area contributed by atoms with E-state index in [2.05, 4.69) is 19.6 Å². The van der Waals surface area contributed by atoms with Gasteiger partial charge < -0.3 is 4.43 Å². The van der Waals surface area contributed by atoms with Crippen LogP contribution in [-0.4, -0.2) is 13.9 Å². The van der Waals surface area contributed by atoms with Crippen molar-refractivity contribution in [3.05, 3.63) is 0 Å². The summed E-state index contributed by atoms with van der Waals surface area (Å²) in [5.74, 6) is 7.66. The Morgan fingerprint density at radius 2 is 1.71 bits per heavy atom. The van der Waals surface area contributed by atoms with E-state index in [4.69, 9.17) is 4.43 Å². The zero-order valence-corrected chi connectivity index (χ0v) is 12.3. The highest BCUT2D eigenvalue weighted by atomic mass is 28.4. The molecule has 0 aromatic rings. The average molecular weight is 248 g/mol. The summed E-state index contributed by atoms with van der Waals surface area (Å²) in [6.07, 6.45) is 6.18. The molecule has 0 aromatic carbocycles. The first-order chi connectivity index (χ1) is 8.00. The minimum Gasteiger partial charge on any atom is -0.412 e. The Morgan fingerprint density at radius 1 is 0.941 bits per heavy atom. The maximum atomic E-state index is 6.71. The molecular weight excluding hydrogens is 224 g/mol. The maximum Gasteiger partial charge on any atom is 0.184 e. The molecular formula is C15H24OSi. The van der Waals surface area contributed by atoms with Gasteiger partial charge in [-0.25, -0.2) is 0 Å². The van der Waals surface area contributed by atoms with Crippen LogP contribution in [0.15, 0.2) is 0 Å². The fourth-order valence-corrected chi connectivity index (χ4v) is 8.02. The van der Waals surface area contributed by atoms with Crippen LogP contribution in [0.25, 0.3) is 0 Å². The molecule has 0 saturated heterocycles. The third-order valence-corrected chi connectivity index (χ3v) is 7.72. The van der Waals surface area contributed by atoms with E-state index in [0.717, 1.165) is 41.4 Å². The van der Waals surface area contributed by atoms with E-state index in [1.807, 2.05) is 0 Å². The Kier molecular flexibility index (Phi) is 1.51. The molecule has 5 saturated carbocycles. The summed E-state index contributed by atoms with van der Waals surface area (Å²) in [5, 5.41) is 0. The molecule has 0 amide bonds. The monoisotopic (exact) mass is 248 g/mol. The SMILES string of the molecule is C[Si](C)(C)O[C@]12C[C@H]1[C@H]1C[C@@H]2[C@H]2[C@@H]3C[C@@H]3C[C@@H]12. The number of hydrogen-bond acceptors (Lipinski definition) is 1. The fraction of sp³-hybridized carbons (Fsp3) is 1.00. The molecule has 0 radical (unpaired) electrons. The van der Waals surface area contributed by atoms with Gasteiger partial charge in [0.15, 0.2) is 8.32 Å². The van der Waals surface area contributed by atoms with Crippen molar-refractivity contribution in [2.75, 3.05) is 0 Å². The van der Waals surface area contributed by atoms with Gasteiger partial charge in [0.2, 0.25) is 0 Å². The van der Waals surface area contributed by atoms with Crippen LogP contribution >= 0.6 is 0 Å². The molecule has 2 heteroatoms. The molecule has 0 spiro atoms. The topological polar surface area (TPSA) is 9.23 Å². The van der Waals surface area contributed by atoms with Crippen molar-refractivity contribution >= 4 is 8.32 Å². The highest BCUT2D eigenvalue weighted by Gasteiger charge is 2.79. The molecule has 94 valence electrons. The third-order valence-electron chi connectivity index (χ3n) is 6.73. The van der Waals surface area contributed by atoms with Crippen molar-refractivity contribution in [1.29, 1.82) is 0 Å². The first-order valence-electron chi connectivity index (χ1n) is 7.70. The molecule has 1 nitrogen and oxygen atoms in total. The summed E-state index contributed by atoms with van der Waals surface area (Å²) in [6.45, 7) is 7.15. The summed E-state index contributed by atoms with van der Waals surface area (Å²) >= 11 is 0. The van der Waals surface area contributed by atoms with E-state index >= 15 is 0 Å². The first-order valence-corrected chi connectivity index (χ1v) is 11.1. The predicted molar refractivity (Wildman–Crippen MR) is 70.1 cm³/mol. The van der Waals surface area contributed by atoms with Crippen molar-refractivity contribution in [3.8, 4) is 0 Å². The number of hydrogen-bond donors (Lipinski definition) is 0. The Bertz CT molecular complexity index is 400. The van der Waals surface area contributed by atoms with Crippen LogP contribution in [0.4, 0.5) is 0 Å². The van der Waals surface area contributed by atoms with Gasteiger partial charge in [0, 0.05) is 0 Å². The molecule has 0 heterocycles. The molecule has 5 fully saturated rings. The number of fused-ring (bicyclic) bond motifs is 10. The van der Waals surface area contributed by atoms with Gasteiger partial charge in [0.05, 0.1) is 5.60 Å². The molecule has 8 atom stereocenters. The van der Waals surface area contributed by atoms with Crippen molar-refractivity contribution in [1.82, 2.24) is 0 Å². The highest BCUT2D eigenvalue weighted by molar-refractivity contribution is 6.69. The second-order valence-electron chi connectivity index (χ2n) is 8.62. The van der Waals surface area contributed by atoms with Crippen LogP contribution in [0.2, 0.25) is 19.6 Å². The highest BCUT2D eigenvalue weighted by Crippen LogP contribution is 2.80. The van der Waals surface area contributed by atoms with E-state index in [0.29, 0.717) is 5.60 Å². The van der Waals surface area contributed by atoms with Crippen molar-refractivity contribution < 1.29 is 4.43 Å². The standard InChI is InChI=1S/C15H24OSi/c1-17(2,3)16-15-7-13(15)10-6-12(15)14-9-4-8(9)5-11(10)14/h8-14H,4-7H2,1-3H3/t8-,9-,10+,11+,12-,13+,14+,15+/m1/s1. The molecule has 0 N–H and O–H groups in total. The lowest BCUT2D eigenvalue weighted by molar-refractivity contribution is 0.0457. The van der Waals surface area contributed by atoms with Gasteiger partial charge in [-0.3, -0.25) is 0 Å². The second kappa shape index (κ2) is 2.56. The van der Waals surface area contributed by atoms with Gasteiger partial charge in [0.1, 0.15) is 0 Å². The van der Waals surface area contributed by atoms with E-state index in [1.165, 1.54) is 6.42 Å². The van der Waals surface area contributed by atoms with Crippen LogP contribution in [-0.2, 0) is 4.43 Å². The molecule has 0 aromatic heterocycles. The van der Waals surface area contributed by atoms with Crippen molar-refractivity contribution in [2.45, 2.75) is 50.9 Å². The van der Waals surface area contributed by atoms with Gasteiger partial charge in [-0.2, -0.15) is 0 Å². The Hall–Kier alpha value is 0.177. The molecule has 0 unspecified atom stereocenters. The zero-order chi connectivity index (χ0) is 11.6. The van der Waals surface area contributed by atoms with Crippen LogP contribution in [0, 0.1) is 41.4 Å². The van der Waals surface area contributed by atoms with E-state index in [-0.39, 0.29) is 0 Å². The van der Waals surface area contributed by atoms with Gasteiger partial charge in [-0.15, -0.1) is 0 Å². The Morgan fingerprint density at radius 3 is 2.47 bits per heavy atom. The maximum absolute atomic E-state index is 6.71.